The van der Waals surface area contributed by atoms with Crippen molar-refractivity contribution in [3.63, 3.8) is 0 Å². The average Bonchev–Trinajstić information content (AvgIpc) is 2.88. The lowest BCUT2D eigenvalue weighted by Gasteiger charge is -2.17. The number of amides is 1. The fraction of sp³-hybridized carbons (Fsp3) is 0.500. The molecule has 6 heteroatoms. The van der Waals surface area contributed by atoms with Gasteiger partial charge < -0.3 is 0 Å². The highest BCUT2D eigenvalue weighted by Crippen LogP contribution is 2.37. The second kappa shape index (κ2) is 4.59. The van der Waals surface area contributed by atoms with Gasteiger partial charge in [-0.25, -0.2) is 4.98 Å². The molecular weight excluding hydrogens is 266 g/mol. The van der Waals surface area contributed by atoms with Gasteiger partial charge in [0.2, 0.25) is 0 Å². The maximum Gasteiger partial charge on any atom is 0.281 e. The van der Waals surface area contributed by atoms with Crippen molar-refractivity contribution in [1.82, 2.24) is 14.1 Å². The topological polar surface area (TPSA) is 46.4 Å². The lowest BCUT2D eigenvalue weighted by Crippen LogP contribution is -2.15. The predicted molar refractivity (Wildman–Crippen MR) is 75.4 cm³/mol. The molecule has 0 aromatic carbocycles. The number of thiazole rings is 1. The summed E-state index contributed by atoms with van der Waals surface area (Å²) in [5.74, 6) is 0.514. The Balaban J connectivity index is 2.04. The van der Waals surface area contributed by atoms with E-state index in [4.69, 9.17) is 0 Å². The van der Waals surface area contributed by atoms with Crippen LogP contribution < -0.4 is 4.72 Å². The zero-order valence-electron chi connectivity index (χ0n) is 10.4. The van der Waals surface area contributed by atoms with E-state index in [1.54, 1.807) is 11.3 Å². The maximum atomic E-state index is 11.7. The van der Waals surface area contributed by atoms with Crippen LogP contribution in [0.3, 0.4) is 0 Å². The van der Waals surface area contributed by atoms with Crippen molar-refractivity contribution in [1.29, 1.82) is 0 Å². The largest absolute Gasteiger partial charge is 0.295 e. The van der Waals surface area contributed by atoms with E-state index in [0.717, 1.165) is 11.4 Å². The van der Waals surface area contributed by atoms with Gasteiger partial charge in [0.25, 0.3) is 5.91 Å². The quantitative estimate of drug-likeness (QED) is 0.861. The highest BCUT2D eigenvalue weighted by molar-refractivity contribution is 7.97. The predicted octanol–water partition coefficient (Wildman–Crippen LogP) is 2.84. The lowest BCUT2D eigenvalue weighted by molar-refractivity contribution is 0.0980. The molecule has 96 valence electrons. The molecule has 1 amide bonds. The zero-order valence-corrected chi connectivity index (χ0v) is 12.0. The number of hydrogen-bond donors (Lipinski definition) is 1. The molecule has 0 bridgehead atoms. The highest BCUT2D eigenvalue weighted by Gasteiger charge is 2.23. The van der Waals surface area contributed by atoms with E-state index in [1.165, 1.54) is 35.4 Å². The molecule has 0 fully saturated rings. The summed E-state index contributed by atoms with van der Waals surface area (Å²) in [5, 5.41) is 0. The zero-order chi connectivity index (χ0) is 12.7. The van der Waals surface area contributed by atoms with E-state index in [0.29, 0.717) is 11.6 Å². The molecular formula is C12H15N3OS2. The van der Waals surface area contributed by atoms with E-state index in [9.17, 15) is 4.79 Å². The van der Waals surface area contributed by atoms with Crippen LogP contribution in [0.25, 0.3) is 4.96 Å². The van der Waals surface area contributed by atoms with Crippen LogP contribution in [0.1, 0.15) is 46.7 Å². The van der Waals surface area contributed by atoms with Crippen molar-refractivity contribution >= 4 is 34.2 Å². The van der Waals surface area contributed by atoms with E-state index in [1.807, 2.05) is 12.5 Å². The first kappa shape index (κ1) is 12.0. The number of rotatable bonds is 2. The molecule has 3 rings (SSSR count). The molecule has 0 aliphatic heterocycles. The van der Waals surface area contributed by atoms with Gasteiger partial charge in [-0.15, -0.1) is 11.3 Å². The Morgan fingerprint density at radius 2 is 2.50 bits per heavy atom. The molecule has 0 spiro atoms. The number of aryl methyl sites for hydroxylation is 1. The van der Waals surface area contributed by atoms with Gasteiger partial charge >= 0.3 is 0 Å². The van der Waals surface area contributed by atoms with Gasteiger partial charge in [-0.3, -0.25) is 13.9 Å². The van der Waals surface area contributed by atoms with Crippen molar-refractivity contribution < 1.29 is 4.79 Å². The van der Waals surface area contributed by atoms with Crippen LogP contribution in [-0.4, -0.2) is 21.5 Å². The van der Waals surface area contributed by atoms with Gasteiger partial charge in [0.15, 0.2) is 4.96 Å². The van der Waals surface area contributed by atoms with Crippen LogP contribution in [0, 0.1) is 0 Å². The summed E-state index contributed by atoms with van der Waals surface area (Å²) < 4.78 is 4.81. The molecule has 4 nitrogen and oxygen atoms in total. The van der Waals surface area contributed by atoms with Crippen molar-refractivity contribution in [2.24, 2.45) is 0 Å². The Morgan fingerprint density at radius 3 is 3.28 bits per heavy atom. The number of carbonyl (C=O) groups is 1. The smallest absolute Gasteiger partial charge is 0.281 e. The highest BCUT2D eigenvalue weighted by atomic mass is 32.2. The van der Waals surface area contributed by atoms with Gasteiger partial charge in [0, 0.05) is 23.0 Å². The summed E-state index contributed by atoms with van der Waals surface area (Å²) in [6, 6.07) is 0. The summed E-state index contributed by atoms with van der Waals surface area (Å²) in [6.07, 6.45) is 7.29. The Labute approximate surface area is 114 Å². The minimum absolute atomic E-state index is 0.115. The number of imidazole rings is 1. The van der Waals surface area contributed by atoms with Crippen LogP contribution in [0.4, 0.5) is 0 Å². The minimum Gasteiger partial charge on any atom is -0.295 e. The molecule has 0 radical (unpaired) electrons. The van der Waals surface area contributed by atoms with E-state index < -0.39 is 0 Å². The molecule has 2 aromatic rings. The lowest BCUT2D eigenvalue weighted by atomic mass is 9.93. The van der Waals surface area contributed by atoms with Crippen molar-refractivity contribution in [2.75, 3.05) is 6.26 Å². The second-order valence-corrected chi connectivity index (χ2v) is 6.24. The Bertz CT molecular complexity index is 602. The summed E-state index contributed by atoms with van der Waals surface area (Å²) >= 11 is 3.03. The molecule has 1 atom stereocenters. The standard InChI is InChI=1S/C12H15N3OS2/c1-7-4-3-5-9-10(7)18-12-13-8(6-15(9)12)11(16)14-17-2/h6-7H,3-5H2,1-2H3,(H,14,16). The van der Waals surface area contributed by atoms with Gasteiger partial charge in [0.05, 0.1) is 0 Å². The van der Waals surface area contributed by atoms with Crippen LogP contribution in [-0.2, 0) is 6.42 Å². The number of fused-ring (bicyclic) bond motifs is 3. The summed E-state index contributed by atoms with van der Waals surface area (Å²) in [6.45, 7) is 2.27. The second-order valence-electron chi connectivity index (χ2n) is 4.62. The normalized spacial score (nSPS) is 18.9. The van der Waals surface area contributed by atoms with Gasteiger partial charge in [-0.05, 0) is 25.2 Å². The van der Waals surface area contributed by atoms with Crippen LogP contribution in [0.2, 0.25) is 0 Å². The molecule has 0 saturated carbocycles. The summed E-state index contributed by atoms with van der Waals surface area (Å²) in [7, 11) is 0. The first-order valence-corrected chi connectivity index (χ1v) is 8.09. The third kappa shape index (κ3) is 1.83. The van der Waals surface area contributed by atoms with Crippen LogP contribution in [0.5, 0.6) is 0 Å². The van der Waals surface area contributed by atoms with Gasteiger partial charge in [0.1, 0.15) is 5.69 Å². The van der Waals surface area contributed by atoms with Gasteiger partial charge in [-0.2, -0.15) is 0 Å². The number of nitrogens with zero attached hydrogens (tertiary/aromatic N) is 2. The van der Waals surface area contributed by atoms with Crippen molar-refractivity contribution in [3.8, 4) is 0 Å². The van der Waals surface area contributed by atoms with Crippen molar-refractivity contribution in [3.05, 3.63) is 22.5 Å². The fourth-order valence-corrected chi connectivity index (χ4v) is 4.02. The molecule has 2 aromatic heterocycles. The third-order valence-corrected chi connectivity index (χ3v) is 5.09. The Hall–Kier alpha value is -1.01. The summed E-state index contributed by atoms with van der Waals surface area (Å²) in [4.78, 5) is 18.6. The molecule has 1 unspecified atom stereocenters. The maximum absolute atomic E-state index is 11.7. The number of carbonyl (C=O) groups excluding carboxylic acids is 1. The Morgan fingerprint density at radius 1 is 1.67 bits per heavy atom. The molecule has 0 saturated heterocycles. The summed E-state index contributed by atoms with van der Waals surface area (Å²) in [5.41, 5.74) is 1.86. The van der Waals surface area contributed by atoms with Crippen molar-refractivity contribution in [2.45, 2.75) is 32.1 Å². The molecule has 1 aliphatic rings. The first-order chi connectivity index (χ1) is 8.70. The molecule has 1 N–H and O–H groups in total. The van der Waals surface area contributed by atoms with E-state index >= 15 is 0 Å². The number of nitrogens with one attached hydrogen (secondary N) is 1. The number of hydrogen-bond acceptors (Lipinski definition) is 4. The van der Waals surface area contributed by atoms with E-state index in [-0.39, 0.29) is 5.91 Å². The van der Waals surface area contributed by atoms with Gasteiger partial charge in [-0.1, -0.05) is 18.9 Å². The fourth-order valence-electron chi connectivity index (χ4n) is 2.49. The molecule has 18 heavy (non-hydrogen) atoms. The molecule has 2 heterocycles. The SMILES string of the molecule is CSNC(=O)c1cn2c3c(sc2n1)C(C)CCC3. The minimum atomic E-state index is -0.115. The molecule has 1 aliphatic carbocycles. The third-order valence-electron chi connectivity index (χ3n) is 3.38. The monoisotopic (exact) mass is 281 g/mol. The average molecular weight is 281 g/mol. The number of aromatic nitrogens is 2. The van der Waals surface area contributed by atoms with E-state index in [2.05, 4.69) is 21.0 Å². The van der Waals surface area contributed by atoms with Crippen LogP contribution >= 0.6 is 23.3 Å². The van der Waals surface area contributed by atoms with Crippen LogP contribution in [0.15, 0.2) is 6.20 Å². The first-order valence-electron chi connectivity index (χ1n) is 6.04. The Kier molecular flexibility index (Phi) is 3.07.